The van der Waals surface area contributed by atoms with E-state index in [9.17, 15) is 9.59 Å². The average molecular weight is 312 g/mol. The summed E-state index contributed by atoms with van der Waals surface area (Å²) in [5, 5.41) is 0. The minimum absolute atomic E-state index is 0.758. The van der Waals surface area contributed by atoms with Crippen LogP contribution in [0.2, 0.25) is 0 Å². The first-order valence-electron chi connectivity index (χ1n) is 2.69. The second-order valence-corrected chi connectivity index (χ2v) is 6.57. The van der Waals surface area contributed by atoms with Gasteiger partial charge in [0.2, 0.25) is 0 Å². The third-order valence-electron chi connectivity index (χ3n) is 1.12. The second-order valence-electron chi connectivity index (χ2n) is 1.68. The molecule has 0 atom stereocenters. The molecular formula is C7H6O2Os. The molecule has 0 aromatic rings. The maximum atomic E-state index is 10.1. The van der Waals surface area contributed by atoms with E-state index in [4.69, 9.17) is 0 Å². The molecular weight excluding hydrogens is 306 g/mol. The fraction of sp³-hybridized carbons (Fsp3) is 0.143. The molecule has 1 aliphatic carbocycles. The molecule has 1 rings (SSSR count). The van der Waals surface area contributed by atoms with Crippen molar-refractivity contribution in [1.29, 1.82) is 0 Å². The monoisotopic (exact) mass is 314 g/mol. The van der Waals surface area contributed by atoms with Crippen LogP contribution in [0.3, 0.4) is 0 Å². The zero-order chi connectivity index (χ0) is 7.40. The molecule has 0 saturated heterocycles. The Morgan fingerprint density at radius 2 is 2.10 bits per heavy atom. The summed E-state index contributed by atoms with van der Waals surface area (Å²) in [5.74, 6) is 0. The van der Waals surface area contributed by atoms with Crippen molar-refractivity contribution in [3.05, 3.63) is 22.4 Å². The Bertz CT molecular complexity index is 304. The van der Waals surface area contributed by atoms with E-state index in [2.05, 4.69) is 0 Å². The van der Waals surface area contributed by atoms with Crippen molar-refractivity contribution in [3.63, 3.8) is 0 Å². The molecule has 0 aliphatic heterocycles. The topological polar surface area (TPSA) is 34.1 Å². The van der Waals surface area contributed by atoms with Crippen LogP contribution in [-0.2, 0) is 24.9 Å². The molecule has 1 aliphatic rings. The Balaban J connectivity index is 3.09. The molecule has 0 unspecified atom stereocenters. The molecule has 0 aromatic carbocycles. The quantitative estimate of drug-likeness (QED) is 0.699. The molecule has 0 heterocycles. The van der Waals surface area contributed by atoms with Gasteiger partial charge in [0.15, 0.2) is 0 Å². The first-order valence-corrected chi connectivity index (χ1v) is 6.77. The van der Waals surface area contributed by atoms with Gasteiger partial charge in [0.1, 0.15) is 0 Å². The Labute approximate surface area is 62.9 Å². The van der Waals surface area contributed by atoms with Crippen LogP contribution >= 0.6 is 0 Å². The number of allylic oxidation sites excluding steroid dienone is 4. The van der Waals surface area contributed by atoms with Gasteiger partial charge in [-0.15, -0.1) is 0 Å². The van der Waals surface area contributed by atoms with Gasteiger partial charge in [-0.05, 0) is 0 Å². The molecule has 0 bridgehead atoms. The predicted octanol–water partition coefficient (Wildman–Crippen LogP) is 0.315. The number of rotatable bonds is 1. The number of hydrogen-bond donors (Lipinski definition) is 0. The molecule has 54 valence electrons. The molecule has 0 fully saturated rings. The van der Waals surface area contributed by atoms with E-state index >= 15 is 0 Å². The van der Waals surface area contributed by atoms with E-state index in [1.54, 1.807) is 8.87 Å². The van der Waals surface area contributed by atoms with Gasteiger partial charge < -0.3 is 0 Å². The summed E-state index contributed by atoms with van der Waals surface area (Å²) in [6.45, 7) is 0. The van der Waals surface area contributed by atoms with Crippen LogP contribution in [0, 0.1) is 0 Å². The molecule has 0 N–H and O–H groups in total. The number of hydrogen-bond acceptors (Lipinski definition) is 2. The fourth-order valence-electron chi connectivity index (χ4n) is 0.676. The van der Waals surface area contributed by atoms with E-state index in [1.165, 1.54) is 0 Å². The molecule has 0 amide bonds. The van der Waals surface area contributed by atoms with Gasteiger partial charge in [-0.1, -0.05) is 0 Å². The fourth-order valence-corrected chi connectivity index (χ4v) is 3.09. The van der Waals surface area contributed by atoms with Crippen molar-refractivity contribution >= 4 is 8.87 Å². The van der Waals surface area contributed by atoms with Gasteiger partial charge in [0.25, 0.3) is 0 Å². The molecule has 0 aromatic heterocycles. The summed E-state index contributed by atoms with van der Waals surface area (Å²) in [6, 6.07) is 0. The van der Waals surface area contributed by atoms with Gasteiger partial charge in [-0.25, -0.2) is 0 Å². The predicted molar refractivity (Wildman–Crippen MR) is 34.6 cm³/mol. The van der Waals surface area contributed by atoms with E-state index in [1.807, 2.05) is 18.2 Å². The van der Waals surface area contributed by atoms with E-state index in [-0.39, 0.29) is 0 Å². The van der Waals surface area contributed by atoms with Crippen LogP contribution in [-0.4, -0.2) is 8.87 Å². The van der Waals surface area contributed by atoms with E-state index in [0.29, 0.717) is 0 Å². The Morgan fingerprint density at radius 3 is 2.50 bits per heavy atom. The van der Waals surface area contributed by atoms with Crippen molar-refractivity contribution < 1.29 is 24.9 Å². The summed E-state index contributed by atoms with van der Waals surface area (Å²) >= 11 is -2.49. The minimum atomic E-state index is -2.49. The van der Waals surface area contributed by atoms with Gasteiger partial charge in [-0.3, -0.25) is 0 Å². The molecule has 0 saturated carbocycles. The van der Waals surface area contributed by atoms with Gasteiger partial charge in [0.05, 0.1) is 0 Å². The standard InChI is InChI=1S/C5H5.2CO.Os.H/c1-2-4-5-3-1;2*1-2;;/h1-3H,4H2;;;;. The zero-order valence-corrected chi connectivity index (χ0v) is 7.85. The molecule has 10 heavy (non-hydrogen) atoms. The Kier molecular flexibility index (Phi) is 2.54. The number of carbonyl (C=O) groups excluding carboxylic acids is 2. The van der Waals surface area contributed by atoms with Crippen LogP contribution in [0.5, 0.6) is 0 Å². The summed E-state index contributed by atoms with van der Waals surface area (Å²) in [4.78, 5) is 20.3. The third-order valence-corrected chi connectivity index (χ3v) is 4.98. The summed E-state index contributed by atoms with van der Waals surface area (Å²) < 4.78 is 4.56. The normalized spacial score (nSPS) is 15.6. The van der Waals surface area contributed by atoms with Crippen LogP contribution in [0.15, 0.2) is 22.4 Å². The third kappa shape index (κ3) is 1.41. The molecule has 0 spiro atoms. The zero-order valence-electron chi connectivity index (χ0n) is 5.13. The van der Waals surface area contributed by atoms with Crippen molar-refractivity contribution in [2.75, 3.05) is 0 Å². The summed E-state index contributed by atoms with van der Waals surface area (Å²) in [7, 11) is 0. The molecule has 2 nitrogen and oxygen atoms in total. The van der Waals surface area contributed by atoms with Gasteiger partial charge in [-0.2, -0.15) is 0 Å². The first-order chi connectivity index (χ1) is 4.88. The first kappa shape index (κ1) is 7.38. The van der Waals surface area contributed by atoms with E-state index < -0.39 is 15.3 Å². The van der Waals surface area contributed by atoms with Crippen LogP contribution in [0.1, 0.15) is 6.42 Å². The molecule has 0 radical (unpaired) electrons. The van der Waals surface area contributed by atoms with Crippen molar-refractivity contribution in [2.24, 2.45) is 0 Å². The van der Waals surface area contributed by atoms with Crippen LogP contribution in [0.4, 0.5) is 0 Å². The van der Waals surface area contributed by atoms with Crippen molar-refractivity contribution in [2.45, 2.75) is 6.42 Å². The van der Waals surface area contributed by atoms with Gasteiger partial charge >= 0.3 is 62.5 Å². The van der Waals surface area contributed by atoms with E-state index in [0.717, 1.165) is 10.5 Å². The van der Waals surface area contributed by atoms with Crippen molar-refractivity contribution in [3.8, 4) is 0 Å². The van der Waals surface area contributed by atoms with Crippen LogP contribution < -0.4 is 0 Å². The SMILES string of the molecule is O=[C]=[OsH](=[C]=O)[C]1=CC=CC1. The Morgan fingerprint density at radius 1 is 1.40 bits per heavy atom. The summed E-state index contributed by atoms with van der Waals surface area (Å²) in [6.07, 6.45) is 6.39. The average Bonchev–Trinajstić information content (AvgIpc) is 2.43. The molecule has 3 heteroatoms. The Hall–Kier alpha value is -0.724. The van der Waals surface area contributed by atoms with Crippen molar-refractivity contribution in [1.82, 2.24) is 0 Å². The van der Waals surface area contributed by atoms with Crippen LogP contribution in [0.25, 0.3) is 0 Å². The van der Waals surface area contributed by atoms with Gasteiger partial charge in [0, 0.05) is 0 Å². The maximum absolute atomic E-state index is 10.1. The summed E-state index contributed by atoms with van der Waals surface area (Å²) in [5.41, 5.74) is 0. The second kappa shape index (κ2) is 3.45.